The first kappa shape index (κ1) is 19.6. The standard InChI is InChI=1S/C23H30N6S/c1-16-15-30-22-20(16)21(24-17-5-3-4-6-17)26-23(27-22)25-18-7-9-19(10-8-18)29-13-11-28(2)12-14-29/h7-10,15,17H,3-6,11-14H2,1-2H3,(H2,24,25,26,27). The molecule has 6 nitrogen and oxygen atoms in total. The Balaban J connectivity index is 1.35. The van der Waals surface area contributed by atoms with E-state index in [-0.39, 0.29) is 0 Å². The molecule has 158 valence electrons. The molecule has 0 bridgehead atoms. The molecule has 1 saturated carbocycles. The molecule has 2 aliphatic rings. The quantitative estimate of drug-likeness (QED) is 0.613. The largest absolute Gasteiger partial charge is 0.369 e. The third kappa shape index (κ3) is 4.09. The maximum atomic E-state index is 4.87. The molecule has 1 saturated heterocycles. The Morgan fingerprint density at radius 2 is 1.73 bits per heavy atom. The molecule has 3 heterocycles. The first-order chi connectivity index (χ1) is 14.7. The first-order valence-electron chi connectivity index (χ1n) is 11.0. The summed E-state index contributed by atoms with van der Waals surface area (Å²) in [4.78, 5) is 15.5. The number of nitrogens with zero attached hydrogens (tertiary/aromatic N) is 4. The minimum Gasteiger partial charge on any atom is -0.369 e. The molecular formula is C23H30N6S. The lowest BCUT2D eigenvalue weighted by atomic mass is 10.2. The molecule has 2 N–H and O–H groups in total. The van der Waals surface area contributed by atoms with Gasteiger partial charge in [-0.1, -0.05) is 12.8 Å². The summed E-state index contributed by atoms with van der Waals surface area (Å²) in [6.07, 6.45) is 5.06. The zero-order valence-electron chi connectivity index (χ0n) is 17.8. The van der Waals surface area contributed by atoms with Gasteiger partial charge < -0.3 is 20.4 Å². The fourth-order valence-corrected chi connectivity index (χ4v) is 5.38. The highest BCUT2D eigenvalue weighted by Crippen LogP contribution is 2.33. The van der Waals surface area contributed by atoms with E-state index >= 15 is 0 Å². The lowest BCUT2D eigenvalue weighted by molar-refractivity contribution is 0.313. The number of aryl methyl sites for hydroxylation is 1. The van der Waals surface area contributed by atoms with Gasteiger partial charge in [-0.25, -0.2) is 4.98 Å². The summed E-state index contributed by atoms with van der Waals surface area (Å²) < 4.78 is 0. The molecule has 3 aromatic rings. The van der Waals surface area contributed by atoms with Crippen LogP contribution in [0.1, 0.15) is 31.2 Å². The number of piperazine rings is 1. The first-order valence-corrected chi connectivity index (χ1v) is 11.9. The lowest BCUT2D eigenvalue weighted by Crippen LogP contribution is -2.44. The zero-order valence-corrected chi connectivity index (χ0v) is 18.6. The van der Waals surface area contributed by atoms with Crippen LogP contribution in [-0.4, -0.2) is 54.1 Å². The minimum absolute atomic E-state index is 0.526. The van der Waals surface area contributed by atoms with Gasteiger partial charge in [0.25, 0.3) is 0 Å². The van der Waals surface area contributed by atoms with Gasteiger partial charge in [0.05, 0.1) is 5.39 Å². The molecule has 0 spiro atoms. The second-order valence-electron chi connectivity index (χ2n) is 8.58. The molecule has 0 atom stereocenters. The van der Waals surface area contributed by atoms with E-state index in [1.807, 2.05) is 0 Å². The van der Waals surface area contributed by atoms with Crippen molar-refractivity contribution in [3.63, 3.8) is 0 Å². The molecule has 30 heavy (non-hydrogen) atoms. The Morgan fingerprint density at radius 1 is 1.00 bits per heavy atom. The van der Waals surface area contributed by atoms with Gasteiger partial charge >= 0.3 is 0 Å². The topological polar surface area (TPSA) is 56.3 Å². The van der Waals surface area contributed by atoms with Gasteiger partial charge in [-0.3, -0.25) is 0 Å². The van der Waals surface area contributed by atoms with E-state index in [4.69, 9.17) is 9.97 Å². The number of aromatic nitrogens is 2. The second kappa shape index (κ2) is 8.40. The lowest BCUT2D eigenvalue weighted by Gasteiger charge is -2.34. The number of hydrogen-bond donors (Lipinski definition) is 2. The van der Waals surface area contributed by atoms with Crippen LogP contribution in [0.15, 0.2) is 29.6 Å². The van der Waals surface area contributed by atoms with Gasteiger partial charge in [-0.2, -0.15) is 4.98 Å². The van der Waals surface area contributed by atoms with Crippen molar-refractivity contribution >= 4 is 44.7 Å². The smallest absolute Gasteiger partial charge is 0.230 e. The van der Waals surface area contributed by atoms with Crippen molar-refractivity contribution in [2.24, 2.45) is 0 Å². The molecule has 1 aromatic carbocycles. The van der Waals surface area contributed by atoms with E-state index in [9.17, 15) is 0 Å². The van der Waals surface area contributed by atoms with E-state index in [0.717, 1.165) is 42.5 Å². The number of anilines is 4. The summed E-state index contributed by atoms with van der Waals surface area (Å²) in [5.74, 6) is 1.64. The van der Waals surface area contributed by atoms with Crippen LogP contribution in [-0.2, 0) is 0 Å². The molecule has 1 aliphatic heterocycles. The number of benzene rings is 1. The number of thiophene rings is 1. The van der Waals surface area contributed by atoms with Gasteiger partial charge in [0.1, 0.15) is 10.6 Å². The molecule has 5 rings (SSSR count). The SMILES string of the molecule is Cc1csc2nc(Nc3ccc(N4CCN(C)CC4)cc3)nc(NC3CCCC3)c12. The Hall–Kier alpha value is -2.38. The van der Waals surface area contributed by atoms with Crippen molar-refractivity contribution < 1.29 is 0 Å². The van der Waals surface area contributed by atoms with E-state index in [0.29, 0.717) is 12.0 Å². The van der Waals surface area contributed by atoms with Gasteiger partial charge in [0.15, 0.2) is 0 Å². The van der Waals surface area contributed by atoms with Crippen molar-refractivity contribution in [2.75, 3.05) is 48.8 Å². The van der Waals surface area contributed by atoms with Crippen LogP contribution in [0, 0.1) is 6.92 Å². The fourth-order valence-electron chi connectivity index (χ4n) is 4.46. The monoisotopic (exact) mass is 422 g/mol. The van der Waals surface area contributed by atoms with Crippen LogP contribution in [0.5, 0.6) is 0 Å². The van der Waals surface area contributed by atoms with Crippen LogP contribution >= 0.6 is 11.3 Å². The van der Waals surface area contributed by atoms with Crippen LogP contribution in [0.3, 0.4) is 0 Å². The summed E-state index contributed by atoms with van der Waals surface area (Å²) in [5, 5.41) is 10.5. The maximum Gasteiger partial charge on any atom is 0.230 e. The van der Waals surface area contributed by atoms with E-state index in [1.165, 1.54) is 42.3 Å². The summed E-state index contributed by atoms with van der Waals surface area (Å²) in [6, 6.07) is 9.17. The predicted octanol–water partition coefficient (Wildman–Crippen LogP) is 4.85. The van der Waals surface area contributed by atoms with Gasteiger partial charge in [-0.15, -0.1) is 11.3 Å². The Kier molecular flexibility index (Phi) is 5.48. The highest BCUT2D eigenvalue weighted by Gasteiger charge is 2.19. The third-order valence-corrected chi connectivity index (χ3v) is 7.30. The molecule has 1 aliphatic carbocycles. The van der Waals surface area contributed by atoms with E-state index in [1.54, 1.807) is 11.3 Å². The Morgan fingerprint density at radius 3 is 2.47 bits per heavy atom. The molecular weight excluding hydrogens is 392 g/mol. The molecule has 0 radical (unpaired) electrons. The van der Waals surface area contributed by atoms with Gasteiger partial charge in [0.2, 0.25) is 5.95 Å². The Labute approximate surface area is 182 Å². The van der Waals surface area contributed by atoms with Crippen molar-refractivity contribution in [2.45, 2.75) is 38.6 Å². The summed E-state index contributed by atoms with van der Waals surface area (Å²) >= 11 is 1.69. The molecule has 0 unspecified atom stereocenters. The van der Waals surface area contributed by atoms with Crippen molar-refractivity contribution in [3.05, 3.63) is 35.2 Å². The van der Waals surface area contributed by atoms with Crippen LogP contribution in [0.2, 0.25) is 0 Å². The number of hydrogen-bond acceptors (Lipinski definition) is 7. The van der Waals surface area contributed by atoms with Crippen LogP contribution in [0.25, 0.3) is 10.2 Å². The normalized spacial score (nSPS) is 18.3. The average molecular weight is 423 g/mol. The second-order valence-corrected chi connectivity index (χ2v) is 9.44. The highest BCUT2D eigenvalue weighted by atomic mass is 32.1. The Bertz CT molecular complexity index is 1000. The van der Waals surface area contributed by atoms with Crippen molar-refractivity contribution in [1.29, 1.82) is 0 Å². The van der Waals surface area contributed by atoms with Crippen molar-refractivity contribution in [3.8, 4) is 0 Å². The van der Waals surface area contributed by atoms with Crippen molar-refractivity contribution in [1.82, 2.24) is 14.9 Å². The molecule has 0 amide bonds. The predicted molar refractivity (Wildman–Crippen MR) is 127 cm³/mol. The number of likely N-dealkylation sites (N-methyl/N-ethyl adjacent to an activating group) is 1. The van der Waals surface area contributed by atoms with Gasteiger partial charge in [-0.05, 0) is 62.0 Å². The highest BCUT2D eigenvalue weighted by molar-refractivity contribution is 7.17. The summed E-state index contributed by atoms with van der Waals surface area (Å²) in [7, 11) is 2.19. The number of nitrogens with one attached hydrogen (secondary N) is 2. The average Bonchev–Trinajstić information content (AvgIpc) is 3.39. The maximum absolute atomic E-state index is 4.87. The van der Waals surface area contributed by atoms with Crippen LogP contribution < -0.4 is 15.5 Å². The molecule has 2 aromatic heterocycles. The summed E-state index contributed by atoms with van der Waals surface area (Å²) in [6.45, 7) is 6.54. The fraction of sp³-hybridized carbons (Fsp3) is 0.478. The minimum atomic E-state index is 0.526. The number of rotatable bonds is 5. The van der Waals surface area contributed by atoms with Crippen LogP contribution in [0.4, 0.5) is 23.1 Å². The van der Waals surface area contributed by atoms with E-state index < -0.39 is 0 Å². The van der Waals surface area contributed by atoms with Gasteiger partial charge in [0, 0.05) is 43.6 Å². The molecule has 2 fully saturated rings. The van der Waals surface area contributed by atoms with E-state index in [2.05, 4.69) is 64.1 Å². The summed E-state index contributed by atoms with van der Waals surface area (Å²) in [5.41, 5.74) is 3.55. The molecule has 7 heteroatoms. The third-order valence-electron chi connectivity index (χ3n) is 6.31. The zero-order chi connectivity index (χ0) is 20.5. The number of fused-ring (bicyclic) bond motifs is 1.